The van der Waals surface area contributed by atoms with Crippen LogP contribution >= 0.6 is 0 Å². The summed E-state index contributed by atoms with van der Waals surface area (Å²) in [6.45, 7) is 1.91. The molecule has 2 aromatic carbocycles. The van der Waals surface area contributed by atoms with Crippen LogP contribution < -0.4 is 10.5 Å². The van der Waals surface area contributed by atoms with Gasteiger partial charge in [0, 0.05) is 14.1 Å². The Morgan fingerprint density at radius 1 is 1.19 bits per heavy atom. The summed E-state index contributed by atoms with van der Waals surface area (Å²) in [5.74, 6) is -0.440. The van der Waals surface area contributed by atoms with Crippen molar-refractivity contribution in [2.24, 2.45) is 4.40 Å². The number of carbonyl (C=O) groups excluding carboxylic acids is 1. The molecule has 0 radical (unpaired) electrons. The molecule has 2 aromatic rings. The van der Waals surface area contributed by atoms with E-state index in [1.807, 2.05) is 19.1 Å². The molecule has 0 spiro atoms. The molecule has 9 heteroatoms. The molecule has 0 saturated heterocycles. The van der Waals surface area contributed by atoms with Crippen molar-refractivity contribution in [3.8, 4) is 11.5 Å². The number of nitrogen functional groups attached to an aromatic ring is 1. The highest BCUT2D eigenvalue weighted by Crippen LogP contribution is 2.36. The van der Waals surface area contributed by atoms with Crippen LogP contribution in [0.1, 0.15) is 15.9 Å². The second-order valence-electron chi connectivity index (χ2n) is 5.96. The van der Waals surface area contributed by atoms with Crippen molar-refractivity contribution < 1.29 is 22.7 Å². The Kier molecular flexibility index (Phi) is 6.06. The zero-order valence-electron chi connectivity index (χ0n) is 15.5. The number of ether oxygens (including phenoxy) is 2. The van der Waals surface area contributed by atoms with Crippen LogP contribution in [-0.2, 0) is 14.8 Å². The minimum absolute atomic E-state index is 0.0233. The van der Waals surface area contributed by atoms with E-state index in [2.05, 4.69) is 9.13 Å². The van der Waals surface area contributed by atoms with E-state index in [9.17, 15) is 13.2 Å². The van der Waals surface area contributed by atoms with E-state index in [1.54, 1.807) is 26.2 Å². The third-order valence-corrected chi connectivity index (χ3v) is 4.67. The van der Waals surface area contributed by atoms with E-state index in [1.165, 1.54) is 18.1 Å². The van der Waals surface area contributed by atoms with Crippen LogP contribution in [0.5, 0.6) is 11.5 Å². The largest absolute Gasteiger partial charge is 0.465 e. The molecule has 0 amide bonds. The smallest absolute Gasteiger partial charge is 0.337 e. The number of anilines is 1. The quantitative estimate of drug-likeness (QED) is 0.348. The van der Waals surface area contributed by atoms with Crippen LogP contribution in [0, 0.1) is 6.92 Å². The number of sulfonamides is 1. The molecule has 2 N–H and O–H groups in total. The molecule has 0 saturated carbocycles. The van der Waals surface area contributed by atoms with Crippen molar-refractivity contribution in [1.82, 2.24) is 4.90 Å². The first-order valence-corrected chi connectivity index (χ1v) is 9.31. The average molecular weight is 391 g/mol. The van der Waals surface area contributed by atoms with Crippen molar-refractivity contribution in [2.75, 3.05) is 26.9 Å². The van der Waals surface area contributed by atoms with E-state index < -0.39 is 16.0 Å². The summed E-state index contributed by atoms with van der Waals surface area (Å²) in [6.07, 6.45) is 1.13. The summed E-state index contributed by atoms with van der Waals surface area (Å²) in [6, 6.07) is 9.42. The zero-order chi connectivity index (χ0) is 20.2. The minimum atomic E-state index is -4.19. The molecular weight excluding hydrogens is 370 g/mol. The van der Waals surface area contributed by atoms with Gasteiger partial charge >= 0.3 is 5.97 Å². The monoisotopic (exact) mass is 391 g/mol. The summed E-state index contributed by atoms with van der Waals surface area (Å²) in [4.78, 5) is 13.0. The Morgan fingerprint density at radius 3 is 2.37 bits per heavy atom. The zero-order valence-corrected chi connectivity index (χ0v) is 16.3. The number of methoxy groups -OCH3 is 1. The maximum absolute atomic E-state index is 12.7. The first-order chi connectivity index (χ1) is 12.6. The Labute approximate surface area is 158 Å². The second-order valence-corrected chi connectivity index (χ2v) is 7.56. The number of rotatable bonds is 6. The highest BCUT2D eigenvalue weighted by Gasteiger charge is 2.25. The summed E-state index contributed by atoms with van der Waals surface area (Å²) < 4.78 is 39.4. The Balaban J connectivity index is 2.63. The lowest BCUT2D eigenvalue weighted by atomic mass is 10.2. The van der Waals surface area contributed by atoms with Gasteiger partial charge < -0.3 is 20.1 Å². The summed E-state index contributed by atoms with van der Waals surface area (Å²) in [7, 11) is 0.256. The average Bonchev–Trinajstić information content (AvgIpc) is 2.62. The molecule has 0 aromatic heterocycles. The Bertz CT molecular complexity index is 967. The fourth-order valence-corrected chi connectivity index (χ4v) is 3.19. The van der Waals surface area contributed by atoms with Crippen LogP contribution in [-0.4, -0.2) is 46.8 Å². The highest BCUT2D eigenvalue weighted by molar-refractivity contribution is 7.90. The molecule has 0 fully saturated rings. The van der Waals surface area contributed by atoms with Gasteiger partial charge in [0.15, 0.2) is 5.75 Å². The van der Waals surface area contributed by atoms with Gasteiger partial charge in [0.05, 0.1) is 18.4 Å². The van der Waals surface area contributed by atoms with Crippen LogP contribution in [0.4, 0.5) is 5.69 Å². The molecule has 0 atom stereocenters. The normalized spacial score (nSPS) is 11.4. The molecule has 0 aliphatic heterocycles. The lowest BCUT2D eigenvalue weighted by molar-refractivity contribution is 0.0600. The van der Waals surface area contributed by atoms with Gasteiger partial charge in [0.25, 0.3) is 10.0 Å². The number of hydrogen-bond acceptors (Lipinski definition) is 6. The number of nitrogens with zero attached hydrogens (tertiary/aromatic N) is 2. The Hall–Kier alpha value is -3.07. The number of hydrogen-bond donors (Lipinski definition) is 1. The fourth-order valence-electron chi connectivity index (χ4n) is 2.10. The van der Waals surface area contributed by atoms with Crippen LogP contribution in [0.2, 0.25) is 0 Å². The molecule has 0 aliphatic rings. The van der Waals surface area contributed by atoms with Crippen LogP contribution in [0.25, 0.3) is 0 Å². The van der Waals surface area contributed by atoms with Crippen molar-refractivity contribution >= 4 is 28.0 Å². The van der Waals surface area contributed by atoms with E-state index in [0.29, 0.717) is 5.75 Å². The van der Waals surface area contributed by atoms with Gasteiger partial charge in [0.2, 0.25) is 0 Å². The highest BCUT2D eigenvalue weighted by atomic mass is 32.2. The summed E-state index contributed by atoms with van der Waals surface area (Å²) in [5.41, 5.74) is 6.95. The van der Waals surface area contributed by atoms with E-state index >= 15 is 0 Å². The van der Waals surface area contributed by atoms with Crippen molar-refractivity contribution in [1.29, 1.82) is 0 Å². The minimum Gasteiger partial charge on any atom is -0.465 e. The second kappa shape index (κ2) is 8.09. The van der Waals surface area contributed by atoms with Gasteiger partial charge in [-0.15, -0.1) is 4.40 Å². The van der Waals surface area contributed by atoms with Crippen molar-refractivity contribution in [2.45, 2.75) is 11.8 Å². The van der Waals surface area contributed by atoms with Crippen LogP contribution in [0.15, 0.2) is 45.7 Å². The van der Waals surface area contributed by atoms with E-state index in [4.69, 9.17) is 10.5 Å². The first-order valence-electron chi connectivity index (χ1n) is 7.87. The molecular formula is C18H21N3O5S. The molecule has 144 valence electrons. The number of benzene rings is 2. The third kappa shape index (κ3) is 4.98. The molecule has 2 rings (SSSR count). The predicted molar refractivity (Wildman–Crippen MR) is 103 cm³/mol. The molecule has 0 unspecified atom stereocenters. The van der Waals surface area contributed by atoms with Gasteiger partial charge in [-0.3, -0.25) is 0 Å². The van der Waals surface area contributed by atoms with Crippen LogP contribution in [0.3, 0.4) is 0 Å². The molecule has 8 nitrogen and oxygen atoms in total. The maximum Gasteiger partial charge on any atom is 0.337 e. The van der Waals surface area contributed by atoms with Gasteiger partial charge in [-0.1, -0.05) is 17.7 Å². The predicted octanol–water partition coefficient (Wildman–Crippen LogP) is 2.43. The van der Waals surface area contributed by atoms with E-state index in [0.717, 1.165) is 18.0 Å². The van der Waals surface area contributed by atoms with Crippen molar-refractivity contribution in [3.63, 3.8) is 0 Å². The molecule has 0 heterocycles. The Morgan fingerprint density at radius 2 is 1.81 bits per heavy atom. The first kappa shape index (κ1) is 20.2. The SMILES string of the molecule is COC(=O)c1cc(N)c(Oc2ccc(C)cc2)c(S(=O)(=O)N=CN(C)C)c1. The summed E-state index contributed by atoms with van der Waals surface area (Å²) in [5, 5.41) is 0. The van der Waals surface area contributed by atoms with Crippen molar-refractivity contribution in [3.05, 3.63) is 47.5 Å². The number of aryl methyl sites for hydroxylation is 1. The topological polar surface area (TPSA) is 111 Å². The van der Waals surface area contributed by atoms with Gasteiger partial charge in [-0.05, 0) is 31.2 Å². The standard InChI is InChI=1S/C18H21N3O5S/c1-12-5-7-14(8-6-12)26-17-15(19)9-13(18(22)25-4)10-16(17)27(23,24)20-11-21(2)3/h5-11H,19H2,1-4H3. The number of esters is 1. The lowest BCUT2D eigenvalue weighted by Gasteiger charge is -2.14. The number of carbonyl (C=O) groups is 1. The van der Waals surface area contributed by atoms with E-state index in [-0.39, 0.29) is 21.9 Å². The molecule has 0 bridgehead atoms. The van der Waals surface area contributed by atoms with Gasteiger partial charge in [-0.25, -0.2) is 4.79 Å². The third-order valence-electron chi connectivity index (χ3n) is 3.44. The molecule has 0 aliphatic carbocycles. The van der Waals surface area contributed by atoms with Gasteiger partial charge in [-0.2, -0.15) is 8.42 Å². The number of nitrogens with two attached hydrogens (primary N) is 1. The lowest BCUT2D eigenvalue weighted by Crippen LogP contribution is -2.12. The summed E-state index contributed by atoms with van der Waals surface area (Å²) >= 11 is 0. The maximum atomic E-state index is 12.7. The molecule has 27 heavy (non-hydrogen) atoms. The fraction of sp³-hybridized carbons (Fsp3) is 0.222. The van der Waals surface area contributed by atoms with Gasteiger partial charge in [0.1, 0.15) is 17.0 Å².